The molecule has 1 N–H and O–H groups in total. The predicted octanol–water partition coefficient (Wildman–Crippen LogP) is 4.97. The van der Waals surface area contributed by atoms with Gasteiger partial charge < -0.3 is 5.32 Å². The predicted molar refractivity (Wildman–Crippen MR) is 95.4 cm³/mol. The Kier molecular flexibility index (Phi) is 5.77. The third kappa shape index (κ3) is 3.89. The molecule has 0 unspecified atom stereocenters. The number of hydrogen-bond acceptors (Lipinski definition) is 1. The van der Waals surface area contributed by atoms with E-state index in [0.717, 1.165) is 39.6 Å². The van der Waals surface area contributed by atoms with Crippen molar-refractivity contribution in [1.29, 1.82) is 0 Å². The van der Waals surface area contributed by atoms with E-state index in [4.69, 9.17) is 11.6 Å². The summed E-state index contributed by atoms with van der Waals surface area (Å²) < 4.78 is 1.87. The Labute approximate surface area is 147 Å². The number of amides is 1. The van der Waals surface area contributed by atoms with Crippen LogP contribution in [-0.2, 0) is 0 Å². The maximum Gasteiger partial charge on any atom is 0.252 e. The molecule has 2 nitrogen and oxygen atoms in total. The fourth-order valence-electron chi connectivity index (χ4n) is 2.59. The lowest BCUT2D eigenvalue weighted by Gasteiger charge is -2.38. The van der Waals surface area contributed by atoms with Gasteiger partial charge in [0.1, 0.15) is 0 Å². The number of carbonyl (C=O) groups excluding carboxylic acids is 1. The quantitative estimate of drug-likeness (QED) is 0.491. The molecule has 1 saturated carbocycles. The van der Waals surface area contributed by atoms with Crippen LogP contribution in [0.3, 0.4) is 0 Å². The van der Waals surface area contributed by atoms with Gasteiger partial charge in [-0.1, -0.05) is 22.9 Å². The lowest BCUT2D eigenvalue weighted by molar-refractivity contribution is 0.0871. The van der Waals surface area contributed by atoms with Crippen molar-refractivity contribution in [2.45, 2.75) is 38.1 Å². The van der Waals surface area contributed by atoms with Crippen LogP contribution in [0, 0.1) is 9.49 Å². The number of nitrogens with one attached hydrogen (secondary N) is 1. The number of carbonyl (C=O) groups is 1. The van der Waals surface area contributed by atoms with E-state index in [1.54, 1.807) is 0 Å². The largest absolute Gasteiger partial charge is 0.345 e. The first-order chi connectivity index (χ1) is 9.46. The van der Waals surface area contributed by atoms with Crippen LogP contribution in [0.1, 0.15) is 43.0 Å². The third-order valence-corrected chi connectivity index (χ3v) is 5.98. The number of hydrogen-bond donors (Lipinski definition) is 1. The zero-order chi connectivity index (χ0) is 14.8. The van der Waals surface area contributed by atoms with Crippen molar-refractivity contribution in [1.82, 2.24) is 5.32 Å². The van der Waals surface area contributed by atoms with Gasteiger partial charge in [-0.05, 0) is 72.4 Å². The molecule has 0 aliphatic heterocycles. The van der Waals surface area contributed by atoms with Gasteiger partial charge in [-0.15, -0.1) is 11.6 Å². The smallest absolute Gasteiger partial charge is 0.252 e. The van der Waals surface area contributed by atoms with Gasteiger partial charge in [-0.2, -0.15) is 0 Å². The molecule has 20 heavy (non-hydrogen) atoms. The Bertz CT molecular complexity index is 501. The van der Waals surface area contributed by atoms with Crippen LogP contribution in [-0.4, -0.2) is 17.3 Å². The normalized spacial score (nSPS) is 26.3. The van der Waals surface area contributed by atoms with Gasteiger partial charge in [-0.3, -0.25) is 4.79 Å². The van der Waals surface area contributed by atoms with E-state index in [2.05, 4.69) is 50.8 Å². The second-order valence-electron chi connectivity index (χ2n) is 5.67. The average molecular weight is 471 g/mol. The summed E-state index contributed by atoms with van der Waals surface area (Å²) in [4.78, 5) is 12.5. The second-order valence-corrected chi connectivity index (χ2v) is 8.02. The molecule has 0 bridgehead atoms. The van der Waals surface area contributed by atoms with Gasteiger partial charge in [0.2, 0.25) is 0 Å². The summed E-state index contributed by atoms with van der Waals surface area (Å²) in [6.45, 7) is 2.26. The summed E-state index contributed by atoms with van der Waals surface area (Å²) in [5, 5.41) is 3.19. The number of alkyl halides is 1. The molecule has 5 heteroatoms. The number of benzene rings is 1. The lowest BCUT2D eigenvalue weighted by Crippen LogP contribution is -2.52. The van der Waals surface area contributed by atoms with Crippen LogP contribution in [0.15, 0.2) is 22.7 Å². The van der Waals surface area contributed by atoms with E-state index in [9.17, 15) is 4.79 Å². The summed E-state index contributed by atoms with van der Waals surface area (Å²) in [6, 6.07) is 5.75. The van der Waals surface area contributed by atoms with Gasteiger partial charge in [0.05, 0.1) is 11.1 Å². The van der Waals surface area contributed by atoms with Crippen molar-refractivity contribution in [3.05, 3.63) is 31.8 Å². The summed E-state index contributed by atoms with van der Waals surface area (Å²) in [5.74, 6) is 1.19. The highest BCUT2D eigenvalue weighted by Crippen LogP contribution is 2.33. The molecule has 1 aliphatic rings. The monoisotopic (exact) mass is 469 g/mol. The molecule has 0 saturated heterocycles. The van der Waals surface area contributed by atoms with Gasteiger partial charge in [0.25, 0.3) is 5.91 Å². The molecule has 0 radical (unpaired) electrons. The van der Waals surface area contributed by atoms with E-state index >= 15 is 0 Å². The molecule has 0 aromatic heterocycles. The standard InChI is InChI=1S/C15H18BrClINO/c1-10-4-6-15(9-17,7-5-10)19-14(20)12-8-11(16)2-3-13(12)18/h2-3,8,10H,4-7,9H2,1H3,(H,19,20). The molecule has 1 aliphatic carbocycles. The molecule has 1 amide bonds. The highest BCUT2D eigenvalue weighted by atomic mass is 127. The van der Waals surface area contributed by atoms with E-state index in [-0.39, 0.29) is 11.4 Å². The first-order valence-electron chi connectivity index (χ1n) is 6.79. The van der Waals surface area contributed by atoms with Gasteiger partial charge in [0, 0.05) is 13.9 Å². The van der Waals surface area contributed by atoms with Crippen LogP contribution in [0.5, 0.6) is 0 Å². The highest BCUT2D eigenvalue weighted by molar-refractivity contribution is 14.1. The first kappa shape index (κ1) is 16.6. The summed E-state index contributed by atoms with van der Waals surface area (Å²) >= 11 is 11.8. The van der Waals surface area contributed by atoms with Crippen molar-refractivity contribution in [3.8, 4) is 0 Å². The number of rotatable bonds is 3. The Morgan fingerprint density at radius 3 is 2.75 bits per heavy atom. The van der Waals surface area contributed by atoms with Crippen LogP contribution in [0.2, 0.25) is 0 Å². The summed E-state index contributed by atoms with van der Waals surface area (Å²) in [5.41, 5.74) is 0.472. The first-order valence-corrected chi connectivity index (χ1v) is 9.20. The molecule has 0 atom stereocenters. The fraction of sp³-hybridized carbons (Fsp3) is 0.533. The molecular formula is C15H18BrClINO. The van der Waals surface area contributed by atoms with Gasteiger partial charge in [-0.25, -0.2) is 0 Å². The minimum absolute atomic E-state index is 0.0223. The minimum atomic E-state index is -0.240. The zero-order valence-corrected chi connectivity index (χ0v) is 15.9. The van der Waals surface area contributed by atoms with Crippen molar-refractivity contribution < 1.29 is 4.79 Å². The van der Waals surface area contributed by atoms with E-state index in [1.807, 2.05) is 18.2 Å². The van der Waals surface area contributed by atoms with Crippen molar-refractivity contribution in [2.24, 2.45) is 5.92 Å². The zero-order valence-electron chi connectivity index (χ0n) is 11.4. The topological polar surface area (TPSA) is 29.1 Å². The van der Waals surface area contributed by atoms with Crippen molar-refractivity contribution in [3.63, 3.8) is 0 Å². The Morgan fingerprint density at radius 1 is 1.50 bits per heavy atom. The second kappa shape index (κ2) is 6.97. The van der Waals surface area contributed by atoms with E-state index in [0.29, 0.717) is 11.4 Å². The van der Waals surface area contributed by atoms with Crippen LogP contribution < -0.4 is 5.32 Å². The van der Waals surface area contributed by atoms with Crippen LogP contribution in [0.25, 0.3) is 0 Å². The molecule has 1 aromatic carbocycles. The highest BCUT2D eigenvalue weighted by Gasteiger charge is 2.35. The van der Waals surface area contributed by atoms with Crippen molar-refractivity contribution in [2.75, 3.05) is 5.88 Å². The minimum Gasteiger partial charge on any atom is -0.345 e. The Balaban J connectivity index is 2.15. The van der Waals surface area contributed by atoms with Crippen LogP contribution >= 0.6 is 50.1 Å². The van der Waals surface area contributed by atoms with Gasteiger partial charge in [0.15, 0.2) is 0 Å². The Hall–Kier alpha value is 0.190. The SMILES string of the molecule is CC1CCC(CCl)(NC(=O)c2cc(Br)ccc2I)CC1. The van der Waals surface area contributed by atoms with Gasteiger partial charge >= 0.3 is 0 Å². The molecule has 1 aromatic rings. The Morgan fingerprint density at radius 2 is 2.15 bits per heavy atom. The van der Waals surface area contributed by atoms with Crippen molar-refractivity contribution >= 4 is 56.0 Å². The molecule has 0 spiro atoms. The number of halogens is 3. The molecule has 0 heterocycles. The molecule has 1 fully saturated rings. The fourth-order valence-corrected chi connectivity index (χ4v) is 3.86. The summed E-state index contributed by atoms with van der Waals surface area (Å²) in [7, 11) is 0. The summed E-state index contributed by atoms with van der Waals surface area (Å²) in [6.07, 6.45) is 4.19. The molecule has 2 rings (SSSR count). The average Bonchev–Trinajstić information content (AvgIpc) is 2.44. The molecule has 110 valence electrons. The lowest BCUT2D eigenvalue weighted by atomic mass is 9.78. The van der Waals surface area contributed by atoms with E-state index < -0.39 is 0 Å². The van der Waals surface area contributed by atoms with Crippen LogP contribution in [0.4, 0.5) is 0 Å². The molecular weight excluding hydrogens is 452 g/mol. The maximum absolute atomic E-state index is 12.5. The maximum atomic E-state index is 12.5. The van der Waals surface area contributed by atoms with E-state index in [1.165, 1.54) is 0 Å². The third-order valence-electron chi connectivity index (χ3n) is 4.04.